The van der Waals surface area contributed by atoms with Gasteiger partial charge >= 0.3 is 0 Å². The number of nitrogens with zero attached hydrogens (tertiary/aromatic N) is 2. The summed E-state index contributed by atoms with van der Waals surface area (Å²) in [6, 6.07) is 5.79. The van der Waals surface area contributed by atoms with Crippen LogP contribution in [0, 0.1) is 5.92 Å². The van der Waals surface area contributed by atoms with E-state index in [1.54, 1.807) is 0 Å². The monoisotopic (exact) mass is 364 g/mol. The van der Waals surface area contributed by atoms with Crippen LogP contribution >= 0.6 is 22.9 Å². The highest BCUT2D eigenvalue weighted by molar-refractivity contribution is 7.20. The van der Waals surface area contributed by atoms with Crippen molar-refractivity contribution in [2.24, 2.45) is 5.92 Å². The number of hydrogen-bond donors (Lipinski definition) is 0. The molecular formula is C18H21ClN2O2S. The van der Waals surface area contributed by atoms with Gasteiger partial charge < -0.3 is 9.64 Å². The maximum atomic E-state index is 12.5. The summed E-state index contributed by atoms with van der Waals surface area (Å²) >= 11 is 7.71. The number of carbonyl (C=O) groups excluding carboxylic acids is 1. The minimum absolute atomic E-state index is 0.136. The molecule has 2 aromatic rings. The zero-order valence-corrected chi connectivity index (χ0v) is 15.1. The molecule has 0 radical (unpaired) electrons. The van der Waals surface area contributed by atoms with Gasteiger partial charge in [-0.25, -0.2) is 4.98 Å². The standard InChI is InChI=1S/C18H21ClN2O2S/c19-14-6-3-7-15-16(14)20-18(24-15)23-13-8-10-21(11-9-13)17(22)12-4-1-2-5-12/h3,6-7,12-13H,1-2,4-5,8-11H2. The van der Waals surface area contributed by atoms with Gasteiger partial charge in [0.1, 0.15) is 11.6 Å². The Kier molecular flexibility index (Phi) is 4.63. The summed E-state index contributed by atoms with van der Waals surface area (Å²) in [5.74, 6) is 0.631. The number of halogens is 1. The predicted octanol–water partition coefficient (Wildman–Crippen LogP) is 4.51. The average Bonchev–Trinajstić information content (AvgIpc) is 3.25. The Balaban J connectivity index is 1.35. The number of benzene rings is 1. The number of para-hydroxylation sites is 1. The van der Waals surface area contributed by atoms with Crippen molar-refractivity contribution >= 4 is 39.1 Å². The molecule has 4 rings (SSSR count). The Morgan fingerprint density at radius 3 is 2.67 bits per heavy atom. The number of carbonyl (C=O) groups is 1. The average molecular weight is 365 g/mol. The fourth-order valence-electron chi connectivity index (χ4n) is 3.71. The molecule has 2 heterocycles. The van der Waals surface area contributed by atoms with Gasteiger partial charge in [-0.15, -0.1) is 0 Å². The Morgan fingerprint density at radius 2 is 1.96 bits per heavy atom. The third kappa shape index (κ3) is 3.24. The predicted molar refractivity (Wildman–Crippen MR) is 96.8 cm³/mol. The summed E-state index contributed by atoms with van der Waals surface area (Å²) < 4.78 is 7.11. The fourth-order valence-corrected chi connectivity index (χ4v) is 4.89. The van der Waals surface area contributed by atoms with E-state index in [0.29, 0.717) is 16.1 Å². The van der Waals surface area contributed by atoms with E-state index < -0.39 is 0 Å². The lowest BCUT2D eigenvalue weighted by Gasteiger charge is -2.33. The SMILES string of the molecule is O=C(C1CCCC1)N1CCC(Oc2nc3c(Cl)cccc3s2)CC1. The number of ether oxygens (including phenoxy) is 1. The van der Waals surface area contributed by atoms with Crippen LogP contribution in [-0.4, -0.2) is 35.0 Å². The van der Waals surface area contributed by atoms with Crippen molar-refractivity contribution in [1.82, 2.24) is 9.88 Å². The summed E-state index contributed by atoms with van der Waals surface area (Å²) in [6.07, 6.45) is 6.44. The van der Waals surface area contributed by atoms with E-state index in [4.69, 9.17) is 16.3 Å². The van der Waals surface area contributed by atoms with E-state index in [-0.39, 0.29) is 12.0 Å². The highest BCUT2D eigenvalue weighted by Crippen LogP contribution is 2.34. The molecule has 0 unspecified atom stereocenters. The molecule has 4 nitrogen and oxygen atoms in total. The molecule has 0 bridgehead atoms. The molecule has 1 aliphatic carbocycles. The van der Waals surface area contributed by atoms with Crippen molar-refractivity contribution in [3.05, 3.63) is 23.2 Å². The normalized spacial score (nSPS) is 20.0. The van der Waals surface area contributed by atoms with Crippen molar-refractivity contribution in [3.8, 4) is 5.19 Å². The van der Waals surface area contributed by atoms with Gasteiger partial charge in [-0.2, -0.15) is 0 Å². The molecule has 6 heteroatoms. The fraction of sp³-hybridized carbons (Fsp3) is 0.556. The van der Waals surface area contributed by atoms with Gasteiger partial charge in [0, 0.05) is 31.8 Å². The van der Waals surface area contributed by atoms with Crippen LogP contribution in [-0.2, 0) is 4.79 Å². The Bertz CT molecular complexity index is 734. The van der Waals surface area contributed by atoms with E-state index in [0.717, 1.165) is 49.0 Å². The molecule has 1 saturated carbocycles. The van der Waals surface area contributed by atoms with Gasteiger partial charge in [-0.05, 0) is 25.0 Å². The third-order valence-corrected chi connectivity index (χ3v) is 6.29. The Labute approximate surface area is 150 Å². The van der Waals surface area contributed by atoms with Gasteiger partial charge in [0.05, 0.1) is 9.72 Å². The topological polar surface area (TPSA) is 42.4 Å². The van der Waals surface area contributed by atoms with Crippen LogP contribution in [0.3, 0.4) is 0 Å². The maximum Gasteiger partial charge on any atom is 0.274 e. The van der Waals surface area contributed by atoms with Crippen LogP contribution < -0.4 is 4.74 Å². The molecule has 1 amide bonds. The molecule has 1 aromatic carbocycles. The van der Waals surface area contributed by atoms with Crippen LogP contribution in [0.1, 0.15) is 38.5 Å². The first-order valence-corrected chi connectivity index (χ1v) is 9.90. The van der Waals surface area contributed by atoms with Gasteiger partial charge in [0.15, 0.2) is 0 Å². The minimum atomic E-state index is 0.136. The van der Waals surface area contributed by atoms with Crippen LogP contribution in [0.5, 0.6) is 5.19 Å². The molecule has 0 N–H and O–H groups in total. The van der Waals surface area contributed by atoms with Gasteiger partial charge in [-0.1, -0.05) is 41.8 Å². The number of fused-ring (bicyclic) bond motifs is 1. The number of piperidine rings is 1. The summed E-state index contributed by atoms with van der Waals surface area (Å²) in [4.78, 5) is 19.0. The molecule has 1 aromatic heterocycles. The van der Waals surface area contributed by atoms with Crippen LogP contribution in [0.4, 0.5) is 0 Å². The van der Waals surface area contributed by atoms with E-state index in [9.17, 15) is 4.79 Å². The van der Waals surface area contributed by atoms with E-state index >= 15 is 0 Å². The number of aromatic nitrogens is 1. The Morgan fingerprint density at radius 1 is 1.21 bits per heavy atom. The van der Waals surface area contributed by atoms with E-state index in [1.807, 2.05) is 23.1 Å². The van der Waals surface area contributed by atoms with Gasteiger partial charge in [0.2, 0.25) is 5.91 Å². The molecule has 24 heavy (non-hydrogen) atoms. The second-order valence-electron chi connectivity index (χ2n) is 6.69. The highest BCUT2D eigenvalue weighted by atomic mass is 35.5. The van der Waals surface area contributed by atoms with Crippen molar-refractivity contribution in [1.29, 1.82) is 0 Å². The first kappa shape index (κ1) is 16.2. The summed E-state index contributed by atoms with van der Waals surface area (Å²) in [6.45, 7) is 1.59. The molecule has 0 spiro atoms. The van der Waals surface area contributed by atoms with Crippen molar-refractivity contribution in [2.45, 2.75) is 44.6 Å². The number of rotatable bonds is 3. The lowest BCUT2D eigenvalue weighted by atomic mass is 10.0. The lowest BCUT2D eigenvalue weighted by molar-refractivity contribution is -0.137. The van der Waals surface area contributed by atoms with Crippen LogP contribution in [0.15, 0.2) is 18.2 Å². The van der Waals surface area contributed by atoms with Crippen molar-refractivity contribution in [3.63, 3.8) is 0 Å². The minimum Gasteiger partial charge on any atom is -0.467 e. The van der Waals surface area contributed by atoms with Crippen molar-refractivity contribution < 1.29 is 9.53 Å². The second kappa shape index (κ2) is 6.89. The van der Waals surface area contributed by atoms with E-state index in [2.05, 4.69) is 4.98 Å². The number of likely N-dealkylation sites (tertiary alicyclic amines) is 1. The third-order valence-electron chi connectivity index (χ3n) is 5.08. The molecule has 1 saturated heterocycles. The zero-order chi connectivity index (χ0) is 16.5. The summed E-state index contributed by atoms with van der Waals surface area (Å²) in [5.41, 5.74) is 0.813. The maximum absolute atomic E-state index is 12.5. The number of thiazole rings is 1. The van der Waals surface area contributed by atoms with E-state index in [1.165, 1.54) is 24.2 Å². The molecule has 2 aliphatic rings. The Hall–Kier alpha value is -1.33. The smallest absolute Gasteiger partial charge is 0.274 e. The number of amides is 1. The van der Waals surface area contributed by atoms with Crippen LogP contribution in [0.2, 0.25) is 5.02 Å². The first-order chi connectivity index (χ1) is 11.7. The number of hydrogen-bond acceptors (Lipinski definition) is 4. The molecule has 1 aliphatic heterocycles. The summed E-state index contributed by atoms with van der Waals surface area (Å²) in [7, 11) is 0. The molecular weight excluding hydrogens is 344 g/mol. The largest absolute Gasteiger partial charge is 0.467 e. The molecule has 2 fully saturated rings. The molecule has 128 valence electrons. The zero-order valence-electron chi connectivity index (χ0n) is 13.5. The van der Waals surface area contributed by atoms with Gasteiger partial charge in [-0.3, -0.25) is 4.79 Å². The van der Waals surface area contributed by atoms with Gasteiger partial charge in [0.25, 0.3) is 5.19 Å². The second-order valence-corrected chi connectivity index (χ2v) is 8.09. The quantitative estimate of drug-likeness (QED) is 0.804. The molecule has 0 atom stereocenters. The first-order valence-electron chi connectivity index (χ1n) is 8.71. The van der Waals surface area contributed by atoms with Crippen LogP contribution in [0.25, 0.3) is 10.2 Å². The van der Waals surface area contributed by atoms with Crippen molar-refractivity contribution in [2.75, 3.05) is 13.1 Å². The lowest BCUT2D eigenvalue weighted by Crippen LogP contribution is -2.43. The highest BCUT2D eigenvalue weighted by Gasteiger charge is 2.30. The summed E-state index contributed by atoms with van der Waals surface area (Å²) in [5, 5.41) is 1.34.